The number of hydrogen-bond acceptors (Lipinski definition) is 7. The number of unbranched alkanes of at least 4 members (excludes halogenated alkanes) is 1. The van der Waals surface area contributed by atoms with Crippen molar-refractivity contribution in [1.29, 1.82) is 0 Å². The summed E-state index contributed by atoms with van der Waals surface area (Å²) in [5, 5.41) is 17.5. The van der Waals surface area contributed by atoms with Crippen molar-refractivity contribution >= 4 is 28.4 Å². The monoisotopic (exact) mass is 396 g/mol. The van der Waals surface area contributed by atoms with Crippen LogP contribution in [0.2, 0.25) is 0 Å². The van der Waals surface area contributed by atoms with Crippen LogP contribution in [0.4, 0.5) is 10.8 Å². The van der Waals surface area contributed by atoms with Crippen LogP contribution in [0.15, 0.2) is 59.0 Å². The summed E-state index contributed by atoms with van der Waals surface area (Å²) in [4.78, 5) is 14.8. The van der Waals surface area contributed by atoms with Gasteiger partial charge in [-0.3, -0.25) is 15.5 Å². The minimum Gasteiger partial charge on any atom is -0.494 e. The van der Waals surface area contributed by atoms with E-state index in [1.165, 1.54) is 23.5 Å². The summed E-state index contributed by atoms with van der Waals surface area (Å²) in [6.45, 7) is 2.84. The average molecular weight is 396 g/mol. The predicted octanol–water partition coefficient (Wildman–Crippen LogP) is 5.34. The lowest BCUT2D eigenvalue weighted by molar-refractivity contribution is -0.384. The Morgan fingerprint density at radius 2 is 2.11 bits per heavy atom. The third-order valence-electron chi connectivity index (χ3n) is 3.88. The largest absolute Gasteiger partial charge is 0.494 e. The molecule has 0 bridgehead atoms. The zero-order chi connectivity index (χ0) is 19.8. The summed E-state index contributed by atoms with van der Waals surface area (Å²) >= 11 is 1.41. The smallest absolute Gasteiger partial charge is 0.269 e. The molecule has 144 valence electrons. The molecule has 3 aromatic rings. The number of nitrogens with zero attached hydrogens (tertiary/aromatic N) is 3. The number of anilines is 1. The van der Waals surface area contributed by atoms with E-state index >= 15 is 0 Å². The second-order valence-corrected chi connectivity index (χ2v) is 6.84. The maximum atomic E-state index is 10.7. The van der Waals surface area contributed by atoms with Gasteiger partial charge in [0.2, 0.25) is 5.13 Å². The first-order chi connectivity index (χ1) is 13.7. The lowest BCUT2D eigenvalue weighted by Crippen LogP contribution is -1.97. The molecule has 8 heteroatoms. The number of hydrogen-bond donors (Lipinski definition) is 1. The van der Waals surface area contributed by atoms with Gasteiger partial charge < -0.3 is 4.74 Å². The summed E-state index contributed by atoms with van der Waals surface area (Å²) in [5.74, 6) is 0.826. The SMILES string of the molecule is CCCCOc1cccc(/C=N/Nc2nc(-c3ccc([N+](=O)[O-])cc3)cs2)c1. The second-order valence-electron chi connectivity index (χ2n) is 5.99. The topological polar surface area (TPSA) is 89.7 Å². The molecule has 1 N–H and O–H groups in total. The van der Waals surface area contributed by atoms with Crippen molar-refractivity contribution in [2.45, 2.75) is 19.8 Å². The summed E-state index contributed by atoms with van der Waals surface area (Å²) < 4.78 is 5.69. The van der Waals surface area contributed by atoms with Gasteiger partial charge in [-0.1, -0.05) is 25.5 Å². The molecule has 1 aromatic heterocycles. The van der Waals surface area contributed by atoms with Crippen molar-refractivity contribution in [3.8, 4) is 17.0 Å². The lowest BCUT2D eigenvalue weighted by atomic mass is 10.1. The Morgan fingerprint density at radius 1 is 1.29 bits per heavy atom. The van der Waals surface area contributed by atoms with Crippen molar-refractivity contribution < 1.29 is 9.66 Å². The van der Waals surface area contributed by atoms with Gasteiger partial charge in [-0.15, -0.1) is 11.3 Å². The van der Waals surface area contributed by atoms with E-state index < -0.39 is 4.92 Å². The molecule has 2 aromatic carbocycles. The normalized spacial score (nSPS) is 10.9. The van der Waals surface area contributed by atoms with E-state index in [-0.39, 0.29) is 5.69 Å². The van der Waals surface area contributed by atoms with Crippen molar-refractivity contribution in [2.24, 2.45) is 5.10 Å². The van der Waals surface area contributed by atoms with Gasteiger partial charge in [0, 0.05) is 23.1 Å². The molecule has 0 radical (unpaired) electrons. The number of hydrazone groups is 1. The fraction of sp³-hybridized carbons (Fsp3) is 0.200. The molecule has 3 rings (SSSR count). The Morgan fingerprint density at radius 3 is 2.86 bits per heavy atom. The van der Waals surface area contributed by atoms with Crippen LogP contribution in [-0.2, 0) is 0 Å². The van der Waals surface area contributed by atoms with Crippen LogP contribution < -0.4 is 10.2 Å². The fourth-order valence-corrected chi connectivity index (χ4v) is 3.06. The molecule has 0 atom stereocenters. The number of nitro groups is 1. The van der Waals surface area contributed by atoms with Gasteiger partial charge in [0.25, 0.3) is 5.69 Å². The fourth-order valence-electron chi connectivity index (χ4n) is 2.39. The third kappa shape index (κ3) is 5.37. The highest BCUT2D eigenvalue weighted by molar-refractivity contribution is 7.14. The highest BCUT2D eigenvalue weighted by atomic mass is 32.1. The Balaban J connectivity index is 1.59. The maximum Gasteiger partial charge on any atom is 0.269 e. The van der Waals surface area contributed by atoms with Gasteiger partial charge in [0.15, 0.2) is 0 Å². The first-order valence-electron chi connectivity index (χ1n) is 8.88. The van der Waals surface area contributed by atoms with Gasteiger partial charge in [0.1, 0.15) is 5.75 Å². The van der Waals surface area contributed by atoms with Crippen LogP contribution in [0.1, 0.15) is 25.3 Å². The maximum absolute atomic E-state index is 10.7. The molecule has 0 spiro atoms. The van der Waals surface area contributed by atoms with E-state index in [4.69, 9.17) is 4.74 Å². The van der Waals surface area contributed by atoms with Crippen LogP contribution in [0, 0.1) is 10.1 Å². The molecule has 7 nitrogen and oxygen atoms in total. The van der Waals surface area contributed by atoms with Crippen molar-refractivity contribution in [2.75, 3.05) is 12.0 Å². The quantitative estimate of drug-likeness (QED) is 0.228. The summed E-state index contributed by atoms with van der Waals surface area (Å²) in [6, 6.07) is 14.0. The van der Waals surface area contributed by atoms with Crippen molar-refractivity contribution in [1.82, 2.24) is 4.98 Å². The molecule has 0 saturated carbocycles. The van der Waals surface area contributed by atoms with E-state index in [1.54, 1.807) is 18.3 Å². The molecule has 28 heavy (non-hydrogen) atoms. The molecule has 0 aliphatic carbocycles. The number of thiazole rings is 1. The number of nitro benzene ring substituents is 1. The molecule has 0 fully saturated rings. The molecule has 1 heterocycles. The Bertz CT molecular complexity index is 954. The van der Waals surface area contributed by atoms with Crippen LogP contribution in [0.5, 0.6) is 5.75 Å². The number of nitrogens with one attached hydrogen (secondary N) is 1. The van der Waals surface area contributed by atoms with Crippen LogP contribution in [0.3, 0.4) is 0 Å². The Kier molecular flexibility index (Phi) is 6.69. The van der Waals surface area contributed by atoms with Gasteiger partial charge in [-0.25, -0.2) is 4.98 Å². The molecule has 0 aliphatic rings. The second kappa shape index (κ2) is 9.61. The molecule has 0 saturated heterocycles. The van der Waals surface area contributed by atoms with Crippen molar-refractivity contribution in [3.05, 3.63) is 69.6 Å². The minimum absolute atomic E-state index is 0.0582. The number of benzene rings is 2. The van der Waals surface area contributed by atoms with E-state index in [2.05, 4.69) is 22.4 Å². The minimum atomic E-state index is -0.420. The number of aromatic nitrogens is 1. The summed E-state index contributed by atoms with van der Waals surface area (Å²) in [7, 11) is 0. The van der Waals surface area contributed by atoms with E-state index in [0.29, 0.717) is 11.7 Å². The van der Waals surface area contributed by atoms with Gasteiger partial charge in [-0.05, 0) is 36.2 Å². The van der Waals surface area contributed by atoms with Crippen LogP contribution in [-0.4, -0.2) is 22.7 Å². The standard InChI is InChI=1S/C20H20N4O3S/c1-2-3-11-27-18-6-4-5-15(12-18)13-21-23-20-22-19(14-28-20)16-7-9-17(10-8-16)24(25)26/h4-10,12-14H,2-3,11H2,1H3,(H,22,23)/b21-13+. The van der Waals surface area contributed by atoms with Gasteiger partial charge in [-0.2, -0.15) is 5.10 Å². The van der Waals surface area contributed by atoms with E-state index in [0.717, 1.165) is 35.4 Å². The Hall–Kier alpha value is -3.26. The predicted molar refractivity (Wildman–Crippen MR) is 112 cm³/mol. The first-order valence-corrected chi connectivity index (χ1v) is 9.76. The lowest BCUT2D eigenvalue weighted by Gasteiger charge is -2.05. The van der Waals surface area contributed by atoms with Crippen molar-refractivity contribution in [3.63, 3.8) is 0 Å². The molecule has 0 amide bonds. The zero-order valence-electron chi connectivity index (χ0n) is 15.4. The summed E-state index contributed by atoms with van der Waals surface area (Å²) in [6.07, 6.45) is 3.83. The van der Waals surface area contributed by atoms with Gasteiger partial charge in [0.05, 0.1) is 23.4 Å². The highest BCUT2D eigenvalue weighted by Gasteiger charge is 2.08. The third-order valence-corrected chi connectivity index (χ3v) is 4.62. The number of non-ortho nitro benzene ring substituents is 1. The highest BCUT2D eigenvalue weighted by Crippen LogP contribution is 2.26. The molecule has 0 aliphatic heterocycles. The average Bonchev–Trinajstić information content (AvgIpc) is 3.18. The van der Waals surface area contributed by atoms with E-state index in [1.807, 2.05) is 29.6 Å². The van der Waals surface area contributed by atoms with E-state index in [9.17, 15) is 10.1 Å². The van der Waals surface area contributed by atoms with Gasteiger partial charge >= 0.3 is 0 Å². The Labute approximate surface area is 166 Å². The van der Waals surface area contributed by atoms with Crippen LogP contribution >= 0.6 is 11.3 Å². The van der Waals surface area contributed by atoms with Crippen LogP contribution in [0.25, 0.3) is 11.3 Å². The molecule has 0 unspecified atom stereocenters. The zero-order valence-corrected chi connectivity index (χ0v) is 16.2. The number of rotatable bonds is 9. The number of ether oxygens (including phenoxy) is 1. The summed E-state index contributed by atoms with van der Waals surface area (Å²) in [5.41, 5.74) is 5.45. The molecular weight excluding hydrogens is 376 g/mol. The first kappa shape index (κ1) is 19.5. The molecular formula is C20H20N4O3S.